The Morgan fingerprint density at radius 1 is 1.31 bits per heavy atom. The van der Waals surface area contributed by atoms with E-state index in [4.69, 9.17) is 9.47 Å². The highest BCUT2D eigenvalue weighted by Crippen LogP contribution is 2.46. The van der Waals surface area contributed by atoms with Crippen LogP contribution in [0.4, 0.5) is 0 Å². The van der Waals surface area contributed by atoms with E-state index >= 15 is 0 Å². The van der Waals surface area contributed by atoms with Crippen LogP contribution >= 0.6 is 24.0 Å². The molecule has 26 heavy (non-hydrogen) atoms. The summed E-state index contributed by atoms with van der Waals surface area (Å²) in [6.07, 6.45) is 6.81. The summed E-state index contributed by atoms with van der Waals surface area (Å²) in [6.45, 7) is 4.43. The van der Waals surface area contributed by atoms with Gasteiger partial charge in [0.15, 0.2) is 5.96 Å². The second kappa shape index (κ2) is 10.3. The molecule has 1 atom stereocenters. The molecule has 1 heterocycles. The normalized spacial score (nSPS) is 20.8. The van der Waals surface area contributed by atoms with Crippen molar-refractivity contribution in [1.82, 2.24) is 10.6 Å². The predicted octanol–water partition coefficient (Wildman–Crippen LogP) is 4.03. The summed E-state index contributed by atoms with van der Waals surface area (Å²) in [5.41, 5.74) is 1.23. The Bertz CT molecular complexity index is 588. The molecule has 0 radical (unpaired) electrons. The molecular formula is C20H32IN3O2. The second-order valence-electron chi connectivity index (χ2n) is 6.98. The number of ether oxygens (including phenoxy) is 2. The lowest BCUT2D eigenvalue weighted by Gasteiger charge is -2.40. The van der Waals surface area contributed by atoms with Gasteiger partial charge in [0.25, 0.3) is 0 Å². The topological polar surface area (TPSA) is 54.9 Å². The molecule has 2 aliphatic rings. The van der Waals surface area contributed by atoms with Gasteiger partial charge in [-0.2, -0.15) is 0 Å². The van der Waals surface area contributed by atoms with Crippen LogP contribution in [0.15, 0.2) is 29.3 Å². The van der Waals surface area contributed by atoms with Crippen molar-refractivity contribution < 1.29 is 9.47 Å². The van der Waals surface area contributed by atoms with Gasteiger partial charge in [-0.15, -0.1) is 24.0 Å². The first-order valence-electron chi connectivity index (χ1n) is 9.59. The smallest absolute Gasteiger partial charge is 0.191 e. The largest absolute Gasteiger partial charge is 0.487 e. The van der Waals surface area contributed by atoms with Crippen molar-refractivity contribution in [2.24, 2.45) is 4.99 Å². The lowest BCUT2D eigenvalue weighted by molar-refractivity contribution is 0.0396. The third kappa shape index (κ3) is 5.25. The van der Waals surface area contributed by atoms with Crippen LogP contribution in [-0.4, -0.2) is 38.4 Å². The van der Waals surface area contributed by atoms with Crippen molar-refractivity contribution >= 4 is 29.9 Å². The Kier molecular flexibility index (Phi) is 8.47. The fourth-order valence-electron chi connectivity index (χ4n) is 3.96. The van der Waals surface area contributed by atoms with E-state index in [2.05, 4.69) is 39.9 Å². The SMILES string of the molecule is CCOCCCNC(=NC)NC1CC2(CCCC2)Oc2ccccc21.I. The molecule has 0 amide bonds. The zero-order chi connectivity index (χ0) is 17.5. The Hall–Kier alpha value is -1.02. The van der Waals surface area contributed by atoms with Gasteiger partial charge in [-0.05, 0) is 45.1 Å². The minimum atomic E-state index is -0.000161. The maximum absolute atomic E-state index is 6.43. The number of halogens is 1. The summed E-state index contributed by atoms with van der Waals surface area (Å²) in [4.78, 5) is 4.40. The second-order valence-corrected chi connectivity index (χ2v) is 6.98. The molecule has 1 spiro atoms. The van der Waals surface area contributed by atoms with Crippen LogP contribution in [0.3, 0.4) is 0 Å². The number of hydrogen-bond donors (Lipinski definition) is 2. The van der Waals surface area contributed by atoms with E-state index < -0.39 is 0 Å². The first-order chi connectivity index (χ1) is 12.3. The zero-order valence-electron chi connectivity index (χ0n) is 15.9. The van der Waals surface area contributed by atoms with Crippen molar-refractivity contribution in [3.63, 3.8) is 0 Å². The number of para-hydroxylation sites is 1. The van der Waals surface area contributed by atoms with Gasteiger partial charge in [0.05, 0.1) is 6.04 Å². The van der Waals surface area contributed by atoms with Crippen LogP contribution in [0.5, 0.6) is 5.75 Å². The number of rotatable bonds is 6. The standard InChI is InChI=1S/C20H31N3O2.HI/c1-3-24-14-8-13-22-19(21-2)23-17-15-20(11-6-7-12-20)25-18-10-5-4-9-16(17)18;/h4-5,9-10,17H,3,6-8,11-15H2,1-2H3,(H2,21,22,23);1H. The highest BCUT2D eigenvalue weighted by atomic mass is 127. The Morgan fingerprint density at radius 3 is 2.81 bits per heavy atom. The van der Waals surface area contributed by atoms with E-state index in [-0.39, 0.29) is 35.6 Å². The van der Waals surface area contributed by atoms with Gasteiger partial charge in [0.2, 0.25) is 0 Å². The van der Waals surface area contributed by atoms with Crippen LogP contribution in [0.1, 0.15) is 57.1 Å². The average molecular weight is 473 g/mol. The Balaban J connectivity index is 0.00000243. The third-order valence-corrected chi connectivity index (χ3v) is 5.21. The highest BCUT2D eigenvalue weighted by molar-refractivity contribution is 14.0. The van der Waals surface area contributed by atoms with Crippen molar-refractivity contribution in [2.75, 3.05) is 26.8 Å². The molecular weight excluding hydrogens is 441 g/mol. The number of aliphatic imine (C=N–C) groups is 1. The molecule has 2 N–H and O–H groups in total. The molecule has 146 valence electrons. The molecule has 1 saturated carbocycles. The van der Waals surface area contributed by atoms with Crippen molar-refractivity contribution in [3.05, 3.63) is 29.8 Å². The number of guanidine groups is 1. The average Bonchev–Trinajstić information content (AvgIpc) is 3.07. The minimum absolute atomic E-state index is 0. The van der Waals surface area contributed by atoms with Gasteiger partial charge >= 0.3 is 0 Å². The Morgan fingerprint density at radius 2 is 2.08 bits per heavy atom. The van der Waals surface area contributed by atoms with Crippen molar-refractivity contribution in [1.29, 1.82) is 0 Å². The van der Waals surface area contributed by atoms with Gasteiger partial charge in [0, 0.05) is 38.8 Å². The molecule has 3 rings (SSSR count). The number of nitrogens with one attached hydrogen (secondary N) is 2. The van der Waals surface area contributed by atoms with Gasteiger partial charge < -0.3 is 20.1 Å². The molecule has 0 bridgehead atoms. The third-order valence-electron chi connectivity index (χ3n) is 5.21. The lowest BCUT2D eigenvalue weighted by atomic mass is 9.86. The number of fused-ring (bicyclic) bond motifs is 1. The summed E-state index contributed by atoms with van der Waals surface area (Å²) < 4.78 is 11.8. The van der Waals surface area contributed by atoms with Crippen molar-refractivity contribution in [2.45, 2.75) is 57.1 Å². The van der Waals surface area contributed by atoms with E-state index in [1.165, 1.54) is 18.4 Å². The van der Waals surface area contributed by atoms with Gasteiger partial charge in [0.1, 0.15) is 11.4 Å². The highest BCUT2D eigenvalue weighted by Gasteiger charge is 2.43. The van der Waals surface area contributed by atoms with E-state index in [0.717, 1.165) is 57.2 Å². The molecule has 5 nitrogen and oxygen atoms in total. The van der Waals surface area contributed by atoms with Gasteiger partial charge in [-0.1, -0.05) is 18.2 Å². The number of benzene rings is 1. The molecule has 0 saturated heterocycles. The monoisotopic (exact) mass is 473 g/mol. The summed E-state index contributed by atoms with van der Waals surface area (Å²) in [6, 6.07) is 8.65. The van der Waals surface area contributed by atoms with E-state index in [9.17, 15) is 0 Å². The number of nitrogens with zero attached hydrogens (tertiary/aromatic N) is 1. The molecule has 0 aromatic heterocycles. The van der Waals surface area contributed by atoms with Crippen molar-refractivity contribution in [3.8, 4) is 5.75 Å². The molecule has 1 unspecified atom stereocenters. The first-order valence-corrected chi connectivity index (χ1v) is 9.59. The van der Waals surface area contributed by atoms with E-state index in [1.54, 1.807) is 0 Å². The summed E-state index contributed by atoms with van der Waals surface area (Å²) in [7, 11) is 1.83. The predicted molar refractivity (Wildman–Crippen MR) is 117 cm³/mol. The van der Waals surface area contributed by atoms with Crippen LogP contribution < -0.4 is 15.4 Å². The van der Waals surface area contributed by atoms with Gasteiger partial charge in [-0.3, -0.25) is 4.99 Å². The van der Waals surface area contributed by atoms with Crippen LogP contribution in [0.2, 0.25) is 0 Å². The molecule has 1 fully saturated rings. The quantitative estimate of drug-likeness (QED) is 0.284. The Labute approximate surface area is 174 Å². The summed E-state index contributed by atoms with van der Waals surface area (Å²) >= 11 is 0. The fourth-order valence-corrected chi connectivity index (χ4v) is 3.96. The maximum Gasteiger partial charge on any atom is 0.191 e. The number of hydrogen-bond acceptors (Lipinski definition) is 3. The zero-order valence-corrected chi connectivity index (χ0v) is 18.3. The summed E-state index contributed by atoms with van der Waals surface area (Å²) in [5.74, 6) is 1.88. The molecule has 1 aliphatic carbocycles. The van der Waals surface area contributed by atoms with Gasteiger partial charge in [-0.25, -0.2) is 0 Å². The summed E-state index contributed by atoms with van der Waals surface area (Å²) in [5, 5.41) is 7.03. The van der Waals surface area contributed by atoms with E-state index in [1.807, 2.05) is 14.0 Å². The van der Waals surface area contributed by atoms with E-state index in [0.29, 0.717) is 0 Å². The minimum Gasteiger partial charge on any atom is -0.487 e. The van der Waals surface area contributed by atoms with Crippen LogP contribution in [0, 0.1) is 0 Å². The molecule has 1 aliphatic heterocycles. The maximum atomic E-state index is 6.43. The lowest BCUT2D eigenvalue weighted by Crippen LogP contribution is -2.46. The fraction of sp³-hybridized carbons (Fsp3) is 0.650. The molecule has 1 aromatic rings. The first kappa shape index (κ1) is 21.3. The molecule has 6 heteroatoms. The van der Waals surface area contributed by atoms with Crippen LogP contribution in [-0.2, 0) is 4.74 Å². The van der Waals surface area contributed by atoms with Crippen LogP contribution in [0.25, 0.3) is 0 Å². The molecule has 1 aromatic carbocycles.